The monoisotopic (exact) mass is 489 g/mol. The molecule has 8 nitrogen and oxygen atoms in total. The lowest BCUT2D eigenvalue weighted by Gasteiger charge is -2.31. The van der Waals surface area contributed by atoms with Gasteiger partial charge in [0.15, 0.2) is 6.04 Å². The fourth-order valence-electron chi connectivity index (χ4n) is 4.69. The fourth-order valence-corrected chi connectivity index (χ4v) is 4.69. The lowest BCUT2D eigenvalue weighted by Crippen LogP contribution is -2.45. The molecule has 1 fully saturated rings. The summed E-state index contributed by atoms with van der Waals surface area (Å²) < 4.78 is 41.9. The number of nitrogens with zero attached hydrogens (tertiary/aromatic N) is 3. The Kier molecular flexibility index (Phi) is 6.20. The van der Waals surface area contributed by atoms with Gasteiger partial charge in [-0.25, -0.2) is 4.79 Å². The van der Waals surface area contributed by atoms with Crippen molar-refractivity contribution in [2.75, 3.05) is 25.5 Å². The normalized spacial score (nSPS) is 19.8. The van der Waals surface area contributed by atoms with Crippen molar-refractivity contribution in [2.45, 2.75) is 43.9 Å². The molecular weight excluding hydrogens is 463 g/mol. The Morgan fingerprint density at radius 2 is 1.97 bits per heavy atom. The van der Waals surface area contributed by atoms with E-state index in [0.29, 0.717) is 10.6 Å². The third-order valence-electron chi connectivity index (χ3n) is 6.70. The first-order chi connectivity index (χ1) is 16.4. The highest BCUT2D eigenvalue weighted by molar-refractivity contribution is 6.03. The molecule has 0 spiro atoms. The number of hydrogen-bond donors (Lipinski definition) is 2. The number of nitrogens with one attached hydrogen (secondary N) is 2. The van der Waals surface area contributed by atoms with Crippen molar-refractivity contribution in [1.82, 2.24) is 20.1 Å². The topological polar surface area (TPSA) is 94.6 Å². The van der Waals surface area contributed by atoms with Gasteiger partial charge in [-0.15, -0.1) is 0 Å². The van der Waals surface area contributed by atoms with Crippen LogP contribution in [-0.2, 0) is 21.4 Å². The Morgan fingerprint density at radius 3 is 2.54 bits per heavy atom. The molecule has 1 unspecified atom stereocenters. The summed E-state index contributed by atoms with van der Waals surface area (Å²) in [6.07, 6.45) is -2.69. The molecule has 2 heterocycles. The Balaban J connectivity index is 1.49. The van der Waals surface area contributed by atoms with Gasteiger partial charge in [0.05, 0.1) is 17.6 Å². The fraction of sp³-hybridized carbons (Fsp3) is 0.417. The molecule has 2 aromatic rings. The lowest BCUT2D eigenvalue weighted by atomic mass is 9.83. The number of likely N-dealkylation sites (N-methyl/N-ethyl adjacent to an activating group) is 1. The summed E-state index contributed by atoms with van der Waals surface area (Å²) in [6.45, 7) is 3.20. The molecule has 1 aliphatic carbocycles. The number of pyridine rings is 1. The molecule has 0 saturated carbocycles. The zero-order valence-corrected chi connectivity index (χ0v) is 19.5. The average molecular weight is 489 g/mol. The van der Waals surface area contributed by atoms with Gasteiger partial charge < -0.3 is 15.1 Å². The van der Waals surface area contributed by atoms with Crippen LogP contribution in [0, 0.1) is 0 Å². The molecule has 1 aliphatic heterocycles. The summed E-state index contributed by atoms with van der Waals surface area (Å²) in [4.78, 5) is 40.9. The maximum absolute atomic E-state index is 14.0. The minimum absolute atomic E-state index is 0.0320. The molecule has 1 aromatic carbocycles. The van der Waals surface area contributed by atoms with E-state index in [1.165, 1.54) is 29.5 Å². The van der Waals surface area contributed by atoms with Crippen molar-refractivity contribution in [3.05, 3.63) is 59.4 Å². The Bertz CT molecular complexity index is 1150. The predicted octanol–water partition coefficient (Wildman–Crippen LogP) is 3.01. The minimum Gasteiger partial charge on any atom is -0.380 e. The standard InChI is InChI=1S/C24H26F3N5O3/c1-23(2)16-7-5-4-6-14(16)10-18(23)29-15-8-9-17(28-11-15)21(24(25,26)27)31(3)20(34)13-32-12-19(33)30-22(32)35/h4-9,11,18,21,29H,10,12-13H2,1-3H3,(H,30,33,35)/t18?,21-/m0/s1. The maximum atomic E-state index is 14.0. The highest BCUT2D eigenvalue weighted by Gasteiger charge is 2.47. The summed E-state index contributed by atoms with van der Waals surface area (Å²) in [6, 6.07) is 7.80. The Hall–Kier alpha value is -3.63. The molecule has 35 heavy (non-hydrogen) atoms. The van der Waals surface area contributed by atoms with Crippen LogP contribution in [0.2, 0.25) is 0 Å². The zero-order valence-electron chi connectivity index (χ0n) is 19.5. The number of alkyl halides is 3. The second-order valence-electron chi connectivity index (χ2n) is 9.41. The van der Waals surface area contributed by atoms with Crippen molar-refractivity contribution in [1.29, 1.82) is 0 Å². The molecule has 186 valence electrons. The van der Waals surface area contributed by atoms with E-state index in [1.807, 2.05) is 17.4 Å². The molecule has 11 heteroatoms. The summed E-state index contributed by atoms with van der Waals surface area (Å²) in [5, 5.41) is 5.37. The number of imide groups is 1. The minimum atomic E-state index is -4.80. The SMILES string of the molecule is CN(C(=O)CN1CC(=O)NC1=O)[C@@H](c1ccc(NC2Cc3ccccc3C2(C)C)cn1)C(F)(F)F. The number of fused-ring (bicyclic) bond motifs is 1. The van der Waals surface area contributed by atoms with E-state index in [0.717, 1.165) is 18.4 Å². The number of aromatic nitrogens is 1. The molecule has 1 aromatic heterocycles. The second kappa shape index (κ2) is 8.86. The number of anilines is 1. The number of urea groups is 1. The second-order valence-corrected chi connectivity index (χ2v) is 9.41. The van der Waals surface area contributed by atoms with Crippen molar-refractivity contribution in [2.24, 2.45) is 0 Å². The number of benzene rings is 1. The number of carbonyl (C=O) groups excluding carboxylic acids is 3. The van der Waals surface area contributed by atoms with E-state index >= 15 is 0 Å². The van der Waals surface area contributed by atoms with Gasteiger partial charge in [-0.3, -0.25) is 19.9 Å². The van der Waals surface area contributed by atoms with Crippen LogP contribution in [-0.4, -0.2) is 65.0 Å². The van der Waals surface area contributed by atoms with Gasteiger partial charge in [-0.2, -0.15) is 13.2 Å². The van der Waals surface area contributed by atoms with Gasteiger partial charge >= 0.3 is 12.2 Å². The molecule has 2 atom stereocenters. The van der Waals surface area contributed by atoms with E-state index < -0.39 is 36.6 Å². The summed E-state index contributed by atoms with van der Waals surface area (Å²) in [5.74, 6) is -1.58. The van der Waals surface area contributed by atoms with E-state index in [4.69, 9.17) is 0 Å². The van der Waals surface area contributed by atoms with Gasteiger partial charge in [0.25, 0.3) is 0 Å². The average Bonchev–Trinajstić information content (AvgIpc) is 3.22. The molecule has 4 amide bonds. The molecule has 4 rings (SSSR count). The van der Waals surface area contributed by atoms with Crippen molar-refractivity contribution >= 4 is 23.5 Å². The van der Waals surface area contributed by atoms with Crippen LogP contribution in [0.25, 0.3) is 0 Å². The van der Waals surface area contributed by atoms with E-state index in [1.54, 1.807) is 0 Å². The molecule has 0 bridgehead atoms. The Labute approximate surface area is 200 Å². The van der Waals surface area contributed by atoms with Gasteiger partial charge in [-0.05, 0) is 29.7 Å². The summed E-state index contributed by atoms with van der Waals surface area (Å²) in [7, 11) is 1.00. The first-order valence-electron chi connectivity index (χ1n) is 11.1. The molecular formula is C24H26F3N5O3. The number of halogens is 3. The van der Waals surface area contributed by atoms with Gasteiger partial charge in [0, 0.05) is 18.5 Å². The zero-order chi connectivity index (χ0) is 25.5. The number of carbonyl (C=O) groups is 3. The molecule has 2 N–H and O–H groups in total. The highest BCUT2D eigenvalue weighted by atomic mass is 19.4. The quantitative estimate of drug-likeness (QED) is 0.609. The van der Waals surface area contributed by atoms with Crippen LogP contribution in [0.3, 0.4) is 0 Å². The van der Waals surface area contributed by atoms with Crippen LogP contribution in [0.15, 0.2) is 42.6 Å². The van der Waals surface area contributed by atoms with Gasteiger partial charge in [-0.1, -0.05) is 38.1 Å². The molecule has 2 aliphatic rings. The predicted molar refractivity (Wildman–Crippen MR) is 121 cm³/mol. The van der Waals surface area contributed by atoms with Crippen molar-refractivity contribution in [3.63, 3.8) is 0 Å². The van der Waals surface area contributed by atoms with Crippen LogP contribution >= 0.6 is 0 Å². The maximum Gasteiger partial charge on any atom is 0.414 e. The first-order valence-corrected chi connectivity index (χ1v) is 11.1. The molecule has 1 saturated heterocycles. The number of hydrogen-bond acceptors (Lipinski definition) is 5. The van der Waals surface area contributed by atoms with Crippen LogP contribution < -0.4 is 10.6 Å². The molecule has 0 radical (unpaired) electrons. The van der Waals surface area contributed by atoms with Crippen LogP contribution in [0.1, 0.15) is 36.7 Å². The highest BCUT2D eigenvalue weighted by Crippen LogP contribution is 2.40. The van der Waals surface area contributed by atoms with Crippen molar-refractivity contribution in [3.8, 4) is 0 Å². The Morgan fingerprint density at radius 1 is 1.26 bits per heavy atom. The number of rotatable bonds is 6. The smallest absolute Gasteiger partial charge is 0.380 e. The first kappa shape index (κ1) is 24.5. The van der Waals surface area contributed by atoms with Crippen LogP contribution in [0.5, 0.6) is 0 Å². The van der Waals surface area contributed by atoms with Gasteiger partial charge in [0.2, 0.25) is 11.8 Å². The third kappa shape index (κ3) is 4.80. The van der Waals surface area contributed by atoms with Crippen LogP contribution in [0.4, 0.5) is 23.7 Å². The van der Waals surface area contributed by atoms with E-state index in [-0.39, 0.29) is 23.7 Å². The van der Waals surface area contributed by atoms with E-state index in [9.17, 15) is 27.6 Å². The lowest BCUT2D eigenvalue weighted by molar-refractivity contribution is -0.189. The number of amides is 4. The largest absolute Gasteiger partial charge is 0.414 e. The van der Waals surface area contributed by atoms with E-state index in [2.05, 4.69) is 36.3 Å². The van der Waals surface area contributed by atoms with Crippen molar-refractivity contribution < 1.29 is 27.6 Å². The summed E-state index contributed by atoms with van der Waals surface area (Å²) in [5.41, 5.74) is 2.49. The third-order valence-corrected chi connectivity index (χ3v) is 6.70. The van der Waals surface area contributed by atoms with Gasteiger partial charge in [0.1, 0.15) is 13.1 Å². The summed E-state index contributed by atoms with van der Waals surface area (Å²) >= 11 is 0.